The second-order valence-electron chi connectivity index (χ2n) is 5.49. The molecule has 0 aromatic heterocycles. The van der Waals surface area contributed by atoms with Crippen molar-refractivity contribution in [1.82, 2.24) is 0 Å². The average molecular weight is 329 g/mol. The van der Waals surface area contributed by atoms with Gasteiger partial charge in [-0.25, -0.2) is 0 Å². The Morgan fingerprint density at radius 2 is 1.40 bits per heavy atom. The smallest absolute Gasteiger partial charge is 0.269 e. The van der Waals surface area contributed by atoms with Crippen LogP contribution in [0.2, 0.25) is 0 Å². The van der Waals surface area contributed by atoms with Gasteiger partial charge in [0.2, 0.25) is 0 Å². The number of benzene rings is 3. The van der Waals surface area contributed by atoms with Crippen LogP contribution in [0, 0.1) is 10.1 Å². The monoisotopic (exact) mass is 329 g/mol. The number of carbonyl (C=O) groups excluding carboxylic acids is 1. The Bertz CT molecular complexity index is 912. The molecule has 4 heteroatoms. The number of nitro benzene ring substituents is 1. The molecule has 0 unspecified atom stereocenters. The van der Waals surface area contributed by atoms with Gasteiger partial charge in [-0.3, -0.25) is 14.9 Å². The Kier molecular flexibility index (Phi) is 4.81. The molecule has 0 saturated carbocycles. The van der Waals surface area contributed by atoms with E-state index in [1.165, 1.54) is 18.2 Å². The Morgan fingerprint density at radius 1 is 0.800 bits per heavy atom. The highest BCUT2D eigenvalue weighted by Crippen LogP contribution is 2.20. The van der Waals surface area contributed by atoms with Crippen LogP contribution in [-0.4, -0.2) is 10.7 Å². The van der Waals surface area contributed by atoms with E-state index in [4.69, 9.17) is 0 Å². The van der Waals surface area contributed by atoms with Crippen LogP contribution < -0.4 is 0 Å². The molecule has 0 heterocycles. The van der Waals surface area contributed by atoms with E-state index in [2.05, 4.69) is 0 Å². The number of allylic oxidation sites excluding steroid dienone is 1. The Labute approximate surface area is 145 Å². The molecule has 0 aliphatic rings. The number of hydrogen-bond acceptors (Lipinski definition) is 3. The van der Waals surface area contributed by atoms with Gasteiger partial charge in [0.05, 0.1) is 4.92 Å². The minimum absolute atomic E-state index is 0.0278. The lowest BCUT2D eigenvalue weighted by Gasteiger charge is -2.02. The first-order valence-corrected chi connectivity index (χ1v) is 7.76. The van der Waals surface area contributed by atoms with E-state index in [9.17, 15) is 14.9 Å². The third-order valence-electron chi connectivity index (χ3n) is 3.81. The van der Waals surface area contributed by atoms with E-state index in [0.717, 1.165) is 16.7 Å². The standard InChI is InChI=1S/C21H15NO3/c23-21(15-8-16-6-13-20(14-7-16)22(24)25)19-11-9-18(10-12-19)17-4-2-1-3-5-17/h1-15H. The van der Waals surface area contributed by atoms with Gasteiger partial charge in [0.25, 0.3) is 5.69 Å². The molecule has 0 radical (unpaired) electrons. The number of carbonyl (C=O) groups is 1. The van der Waals surface area contributed by atoms with Crippen LogP contribution in [0.4, 0.5) is 5.69 Å². The summed E-state index contributed by atoms with van der Waals surface area (Å²) in [6.45, 7) is 0. The molecule has 0 atom stereocenters. The van der Waals surface area contributed by atoms with Gasteiger partial charge in [0, 0.05) is 17.7 Å². The fourth-order valence-corrected chi connectivity index (χ4v) is 2.43. The van der Waals surface area contributed by atoms with E-state index >= 15 is 0 Å². The second kappa shape index (κ2) is 7.36. The van der Waals surface area contributed by atoms with Crippen molar-refractivity contribution in [3.8, 4) is 11.1 Å². The quantitative estimate of drug-likeness (QED) is 0.281. The first-order chi connectivity index (χ1) is 12.1. The van der Waals surface area contributed by atoms with Gasteiger partial charge in [-0.1, -0.05) is 60.7 Å². The molecule has 122 valence electrons. The minimum atomic E-state index is -0.451. The molecular weight excluding hydrogens is 314 g/mol. The van der Waals surface area contributed by atoms with Crippen molar-refractivity contribution in [3.05, 3.63) is 106 Å². The SMILES string of the molecule is O=C(C=Cc1ccc([N+](=O)[O-])cc1)c1ccc(-c2ccccc2)cc1. The molecule has 0 N–H and O–H groups in total. The zero-order chi connectivity index (χ0) is 17.6. The van der Waals surface area contributed by atoms with Crippen molar-refractivity contribution in [1.29, 1.82) is 0 Å². The number of rotatable bonds is 5. The topological polar surface area (TPSA) is 60.2 Å². The fourth-order valence-electron chi connectivity index (χ4n) is 2.43. The van der Waals surface area contributed by atoms with Crippen molar-refractivity contribution in [3.63, 3.8) is 0 Å². The molecule has 4 nitrogen and oxygen atoms in total. The highest BCUT2D eigenvalue weighted by molar-refractivity contribution is 6.07. The summed E-state index contributed by atoms with van der Waals surface area (Å²) in [7, 11) is 0. The zero-order valence-electron chi connectivity index (χ0n) is 13.3. The number of nitrogens with zero attached hydrogens (tertiary/aromatic N) is 1. The normalized spacial score (nSPS) is 10.7. The highest BCUT2D eigenvalue weighted by Gasteiger charge is 2.04. The van der Waals surface area contributed by atoms with Crippen molar-refractivity contribution in [2.75, 3.05) is 0 Å². The molecular formula is C21H15NO3. The first kappa shape index (κ1) is 16.3. The number of hydrogen-bond donors (Lipinski definition) is 0. The average Bonchev–Trinajstić information content (AvgIpc) is 2.67. The van der Waals surface area contributed by atoms with Gasteiger partial charge in [-0.2, -0.15) is 0 Å². The predicted molar refractivity (Wildman–Crippen MR) is 98.3 cm³/mol. The van der Waals surface area contributed by atoms with E-state index in [0.29, 0.717) is 5.56 Å². The molecule has 25 heavy (non-hydrogen) atoms. The Hall–Kier alpha value is -3.53. The van der Waals surface area contributed by atoms with Gasteiger partial charge >= 0.3 is 0 Å². The summed E-state index contributed by atoms with van der Waals surface area (Å²) in [4.78, 5) is 22.4. The van der Waals surface area contributed by atoms with Crippen molar-refractivity contribution in [2.24, 2.45) is 0 Å². The van der Waals surface area contributed by atoms with E-state index < -0.39 is 4.92 Å². The molecule has 0 aliphatic carbocycles. The minimum Gasteiger partial charge on any atom is -0.289 e. The molecule has 3 aromatic rings. The summed E-state index contributed by atoms with van der Waals surface area (Å²) in [5.74, 6) is -0.113. The van der Waals surface area contributed by atoms with E-state index in [-0.39, 0.29) is 11.5 Å². The molecule has 0 bridgehead atoms. The lowest BCUT2D eigenvalue weighted by molar-refractivity contribution is -0.384. The van der Waals surface area contributed by atoms with Gasteiger partial charge in [0.15, 0.2) is 5.78 Å². The first-order valence-electron chi connectivity index (χ1n) is 7.76. The van der Waals surface area contributed by atoms with Gasteiger partial charge in [0.1, 0.15) is 0 Å². The summed E-state index contributed by atoms with van der Waals surface area (Å²) in [5, 5.41) is 10.6. The third kappa shape index (κ3) is 4.06. The lowest BCUT2D eigenvalue weighted by atomic mass is 10.0. The number of nitro groups is 1. The Balaban J connectivity index is 1.71. The predicted octanol–water partition coefficient (Wildman–Crippen LogP) is 5.16. The highest BCUT2D eigenvalue weighted by atomic mass is 16.6. The van der Waals surface area contributed by atoms with Crippen LogP contribution >= 0.6 is 0 Å². The van der Waals surface area contributed by atoms with Crippen LogP contribution in [0.25, 0.3) is 17.2 Å². The molecule has 3 rings (SSSR count). The summed E-state index contributed by atoms with van der Waals surface area (Å²) in [5.41, 5.74) is 3.51. The number of ketones is 1. The van der Waals surface area contributed by atoms with E-state index in [1.54, 1.807) is 30.3 Å². The molecule has 0 spiro atoms. The van der Waals surface area contributed by atoms with Gasteiger partial charge in [-0.05, 0) is 34.9 Å². The van der Waals surface area contributed by atoms with Crippen molar-refractivity contribution in [2.45, 2.75) is 0 Å². The molecule has 0 amide bonds. The zero-order valence-corrected chi connectivity index (χ0v) is 13.3. The van der Waals surface area contributed by atoms with Crippen molar-refractivity contribution < 1.29 is 9.72 Å². The summed E-state index contributed by atoms with van der Waals surface area (Å²) in [6, 6.07) is 23.4. The maximum absolute atomic E-state index is 12.2. The molecule has 0 saturated heterocycles. The molecule has 3 aromatic carbocycles. The molecule has 0 fully saturated rings. The van der Waals surface area contributed by atoms with E-state index in [1.807, 2.05) is 42.5 Å². The van der Waals surface area contributed by atoms with Gasteiger partial charge in [-0.15, -0.1) is 0 Å². The lowest BCUT2D eigenvalue weighted by Crippen LogP contribution is -1.93. The largest absolute Gasteiger partial charge is 0.289 e. The molecule has 0 aliphatic heterocycles. The second-order valence-corrected chi connectivity index (χ2v) is 5.49. The fraction of sp³-hybridized carbons (Fsp3) is 0. The Morgan fingerprint density at radius 3 is 2.00 bits per heavy atom. The summed E-state index contributed by atoms with van der Waals surface area (Å²) < 4.78 is 0. The third-order valence-corrected chi connectivity index (χ3v) is 3.81. The van der Waals surface area contributed by atoms with Crippen LogP contribution in [0.1, 0.15) is 15.9 Å². The van der Waals surface area contributed by atoms with Crippen LogP contribution in [0.3, 0.4) is 0 Å². The maximum Gasteiger partial charge on any atom is 0.269 e. The number of non-ortho nitro benzene ring substituents is 1. The summed E-state index contributed by atoms with van der Waals surface area (Å²) >= 11 is 0. The van der Waals surface area contributed by atoms with Crippen LogP contribution in [0.5, 0.6) is 0 Å². The van der Waals surface area contributed by atoms with Crippen LogP contribution in [0.15, 0.2) is 84.9 Å². The summed E-state index contributed by atoms with van der Waals surface area (Å²) in [6.07, 6.45) is 3.12. The maximum atomic E-state index is 12.2. The van der Waals surface area contributed by atoms with Gasteiger partial charge < -0.3 is 0 Å². The van der Waals surface area contributed by atoms with Crippen LogP contribution in [-0.2, 0) is 0 Å². The van der Waals surface area contributed by atoms with Crippen molar-refractivity contribution >= 4 is 17.5 Å².